The first-order chi connectivity index (χ1) is 6.20. The third-order valence-electron chi connectivity index (χ3n) is 2.06. The summed E-state index contributed by atoms with van der Waals surface area (Å²) in [6.07, 6.45) is 0. The Balaban J connectivity index is 2.79. The molecule has 0 aliphatic heterocycles. The Morgan fingerprint density at radius 2 is 2.15 bits per heavy atom. The number of pyridine rings is 1. The molecular weight excluding hydrogens is 164 g/mol. The average Bonchev–Trinajstić information content (AvgIpc) is 2.49. The van der Waals surface area contributed by atoms with Crippen LogP contribution < -0.4 is 5.73 Å². The Hall–Kier alpha value is -1.42. The standard InChI is InChI=1S/C9H12N4/c1-6-4-3-5-8-11-12-9(7(2)10)13(6)8/h3-5,7H,10H2,1-2H3. The van der Waals surface area contributed by atoms with Gasteiger partial charge < -0.3 is 5.73 Å². The fraction of sp³-hybridized carbons (Fsp3) is 0.333. The number of hydrogen-bond acceptors (Lipinski definition) is 3. The van der Waals surface area contributed by atoms with E-state index in [0.717, 1.165) is 17.2 Å². The maximum absolute atomic E-state index is 5.77. The molecule has 0 aliphatic rings. The lowest BCUT2D eigenvalue weighted by atomic mass is 10.3. The Morgan fingerprint density at radius 1 is 1.38 bits per heavy atom. The number of fused-ring (bicyclic) bond motifs is 1. The summed E-state index contributed by atoms with van der Waals surface area (Å²) in [7, 11) is 0. The molecule has 68 valence electrons. The van der Waals surface area contributed by atoms with Gasteiger partial charge in [-0.2, -0.15) is 0 Å². The molecule has 2 aromatic heterocycles. The molecule has 4 heteroatoms. The number of nitrogens with two attached hydrogens (primary N) is 1. The molecule has 0 bridgehead atoms. The van der Waals surface area contributed by atoms with Gasteiger partial charge in [-0.3, -0.25) is 4.40 Å². The summed E-state index contributed by atoms with van der Waals surface area (Å²) in [6.45, 7) is 3.92. The number of nitrogens with zero attached hydrogens (tertiary/aromatic N) is 3. The predicted molar refractivity (Wildman–Crippen MR) is 50.3 cm³/mol. The number of aryl methyl sites for hydroxylation is 1. The minimum Gasteiger partial charge on any atom is -0.322 e. The van der Waals surface area contributed by atoms with Crippen LogP contribution in [0.15, 0.2) is 18.2 Å². The van der Waals surface area contributed by atoms with E-state index in [0.29, 0.717) is 0 Å². The van der Waals surface area contributed by atoms with Crippen LogP contribution in [0.25, 0.3) is 5.65 Å². The van der Waals surface area contributed by atoms with Crippen molar-refractivity contribution in [1.29, 1.82) is 0 Å². The van der Waals surface area contributed by atoms with E-state index in [-0.39, 0.29) is 6.04 Å². The molecule has 1 atom stereocenters. The number of aromatic nitrogens is 3. The van der Waals surface area contributed by atoms with Gasteiger partial charge in [0.1, 0.15) is 0 Å². The molecule has 0 saturated carbocycles. The largest absolute Gasteiger partial charge is 0.322 e. The van der Waals surface area contributed by atoms with Gasteiger partial charge in [0.15, 0.2) is 11.5 Å². The molecular formula is C9H12N4. The van der Waals surface area contributed by atoms with E-state index in [1.165, 1.54) is 0 Å². The molecule has 4 nitrogen and oxygen atoms in total. The molecule has 2 N–H and O–H groups in total. The summed E-state index contributed by atoms with van der Waals surface area (Å²) >= 11 is 0. The van der Waals surface area contributed by atoms with E-state index < -0.39 is 0 Å². The summed E-state index contributed by atoms with van der Waals surface area (Å²) in [5.74, 6) is 0.813. The highest BCUT2D eigenvalue weighted by Crippen LogP contribution is 2.11. The van der Waals surface area contributed by atoms with Crippen molar-refractivity contribution in [2.75, 3.05) is 0 Å². The van der Waals surface area contributed by atoms with Crippen LogP contribution in [-0.4, -0.2) is 14.6 Å². The van der Waals surface area contributed by atoms with Crippen molar-refractivity contribution in [3.05, 3.63) is 29.7 Å². The minimum absolute atomic E-state index is 0.0869. The van der Waals surface area contributed by atoms with Crippen molar-refractivity contribution in [2.24, 2.45) is 5.73 Å². The van der Waals surface area contributed by atoms with E-state index in [1.807, 2.05) is 36.4 Å². The van der Waals surface area contributed by atoms with Crippen LogP contribution >= 0.6 is 0 Å². The van der Waals surface area contributed by atoms with Crippen molar-refractivity contribution >= 4 is 5.65 Å². The van der Waals surface area contributed by atoms with E-state index in [1.54, 1.807) is 0 Å². The van der Waals surface area contributed by atoms with Crippen LogP contribution in [0.5, 0.6) is 0 Å². The van der Waals surface area contributed by atoms with Crippen LogP contribution in [0.2, 0.25) is 0 Å². The first-order valence-corrected chi connectivity index (χ1v) is 4.26. The summed E-state index contributed by atoms with van der Waals surface area (Å²) < 4.78 is 1.98. The third kappa shape index (κ3) is 1.19. The zero-order valence-corrected chi connectivity index (χ0v) is 7.73. The van der Waals surface area contributed by atoms with Crippen molar-refractivity contribution < 1.29 is 0 Å². The lowest BCUT2D eigenvalue weighted by molar-refractivity contribution is 0.721. The smallest absolute Gasteiger partial charge is 0.161 e. The molecule has 1 unspecified atom stereocenters. The van der Waals surface area contributed by atoms with E-state index in [4.69, 9.17) is 5.73 Å². The Kier molecular flexibility index (Phi) is 1.77. The van der Waals surface area contributed by atoms with Gasteiger partial charge in [-0.05, 0) is 26.0 Å². The topological polar surface area (TPSA) is 56.2 Å². The summed E-state index contributed by atoms with van der Waals surface area (Å²) in [4.78, 5) is 0. The van der Waals surface area contributed by atoms with Gasteiger partial charge in [-0.1, -0.05) is 6.07 Å². The fourth-order valence-electron chi connectivity index (χ4n) is 1.42. The maximum Gasteiger partial charge on any atom is 0.161 e. The van der Waals surface area contributed by atoms with E-state index >= 15 is 0 Å². The summed E-state index contributed by atoms with van der Waals surface area (Å²) in [5.41, 5.74) is 7.73. The first kappa shape index (κ1) is 8.19. The zero-order chi connectivity index (χ0) is 9.42. The average molecular weight is 176 g/mol. The second kappa shape index (κ2) is 2.81. The molecule has 0 amide bonds. The molecule has 0 aliphatic carbocycles. The molecule has 2 rings (SSSR count). The van der Waals surface area contributed by atoms with Crippen LogP contribution in [0.1, 0.15) is 24.5 Å². The van der Waals surface area contributed by atoms with E-state index in [9.17, 15) is 0 Å². The van der Waals surface area contributed by atoms with Gasteiger partial charge in [0.25, 0.3) is 0 Å². The molecule has 13 heavy (non-hydrogen) atoms. The molecule has 2 aromatic rings. The SMILES string of the molecule is Cc1cccc2nnc(C(C)N)n12. The van der Waals surface area contributed by atoms with Gasteiger partial charge in [-0.25, -0.2) is 0 Å². The fourth-order valence-corrected chi connectivity index (χ4v) is 1.42. The maximum atomic E-state index is 5.77. The highest BCUT2D eigenvalue weighted by molar-refractivity contribution is 5.39. The quantitative estimate of drug-likeness (QED) is 0.706. The normalized spacial score (nSPS) is 13.5. The highest BCUT2D eigenvalue weighted by atomic mass is 15.3. The van der Waals surface area contributed by atoms with Crippen molar-refractivity contribution in [3.8, 4) is 0 Å². The molecule has 2 heterocycles. The van der Waals surface area contributed by atoms with Crippen LogP contribution in [0.3, 0.4) is 0 Å². The molecule has 0 radical (unpaired) electrons. The number of hydrogen-bond donors (Lipinski definition) is 1. The molecule has 0 aromatic carbocycles. The predicted octanol–water partition coefficient (Wildman–Crippen LogP) is 1.06. The van der Waals surface area contributed by atoms with Gasteiger partial charge in [0.2, 0.25) is 0 Å². The van der Waals surface area contributed by atoms with E-state index in [2.05, 4.69) is 10.2 Å². The lowest BCUT2D eigenvalue weighted by Gasteiger charge is -2.05. The van der Waals surface area contributed by atoms with Crippen LogP contribution in [-0.2, 0) is 0 Å². The zero-order valence-electron chi connectivity index (χ0n) is 7.73. The molecule has 0 spiro atoms. The van der Waals surface area contributed by atoms with Gasteiger partial charge in [0, 0.05) is 5.69 Å². The molecule has 0 saturated heterocycles. The Morgan fingerprint density at radius 3 is 2.85 bits per heavy atom. The monoisotopic (exact) mass is 176 g/mol. The van der Waals surface area contributed by atoms with Gasteiger partial charge in [0.05, 0.1) is 6.04 Å². The van der Waals surface area contributed by atoms with Crippen molar-refractivity contribution in [1.82, 2.24) is 14.6 Å². The Bertz CT molecular complexity index is 430. The first-order valence-electron chi connectivity index (χ1n) is 4.26. The second-order valence-corrected chi connectivity index (χ2v) is 3.21. The minimum atomic E-state index is -0.0869. The Labute approximate surface area is 76.4 Å². The molecule has 0 fully saturated rings. The summed E-state index contributed by atoms with van der Waals surface area (Å²) in [5, 5.41) is 8.08. The van der Waals surface area contributed by atoms with Crippen LogP contribution in [0.4, 0.5) is 0 Å². The van der Waals surface area contributed by atoms with Crippen molar-refractivity contribution in [2.45, 2.75) is 19.9 Å². The van der Waals surface area contributed by atoms with Crippen LogP contribution in [0, 0.1) is 6.92 Å². The summed E-state index contributed by atoms with van der Waals surface area (Å²) in [6, 6.07) is 5.81. The third-order valence-corrected chi connectivity index (χ3v) is 2.06. The van der Waals surface area contributed by atoms with Crippen molar-refractivity contribution in [3.63, 3.8) is 0 Å². The van der Waals surface area contributed by atoms with Gasteiger partial charge >= 0.3 is 0 Å². The lowest BCUT2D eigenvalue weighted by Crippen LogP contribution is -2.10. The highest BCUT2D eigenvalue weighted by Gasteiger charge is 2.09. The number of rotatable bonds is 1. The second-order valence-electron chi connectivity index (χ2n) is 3.21. The van der Waals surface area contributed by atoms with Gasteiger partial charge in [-0.15, -0.1) is 10.2 Å².